The summed E-state index contributed by atoms with van der Waals surface area (Å²) in [5.41, 5.74) is 2.59. The molecule has 0 N–H and O–H groups in total. The van der Waals surface area contributed by atoms with E-state index in [1.54, 1.807) is 6.92 Å². The highest BCUT2D eigenvalue weighted by molar-refractivity contribution is 5.96. The molecule has 2 aromatic rings. The van der Waals surface area contributed by atoms with E-state index in [-0.39, 0.29) is 5.91 Å². The molecule has 1 amide bonds. The van der Waals surface area contributed by atoms with E-state index in [4.69, 9.17) is 4.52 Å². The van der Waals surface area contributed by atoms with Gasteiger partial charge >= 0.3 is 0 Å². The van der Waals surface area contributed by atoms with Gasteiger partial charge in [0.1, 0.15) is 17.1 Å². The van der Waals surface area contributed by atoms with Gasteiger partial charge in [0.25, 0.3) is 5.91 Å². The van der Waals surface area contributed by atoms with Crippen molar-refractivity contribution < 1.29 is 9.32 Å². The van der Waals surface area contributed by atoms with Gasteiger partial charge in [-0.2, -0.15) is 0 Å². The molecule has 0 spiro atoms. The number of nitrogens with zero attached hydrogens (tertiary/aromatic N) is 4. The first-order chi connectivity index (χ1) is 12.0. The van der Waals surface area contributed by atoms with Crippen LogP contribution in [0.3, 0.4) is 0 Å². The van der Waals surface area contributed by atoms with Crippen LogP contribution in [0.25, 0.3) is 0 Å². The predicted molar refractivity (Wildman–Crippen MR) is 93.5 cm³/mol. The summed E-state index contributed by atoms with van der Waals surface area (Å²) in [6.07, 6.45) is 6.64. The van der Waals surface area contributed by atoms with Gasteiger partial charge in [-0.1, -0.05) is 5.16 Å². The Labute approximate surface area is 148 Å². The molecule has 1 saturated heterocycles. The average Bonchev–Trinajstić information content (AvgIpc) is 3.31. The van der Waals surface area contributed by atoms with Crippen LogP contribution < -0.4 is 0 Å². The molecule has 4 rings (SSSR count). The maximum atomic E-state index is 12.7. The summed E-state index contributed by atoms with van der Waals surface area (Å²) in [7, 11) is 0. The zero-order valence-electron chi connectivity index (χ0n) is 15.3. The van der Waals surface area contributed by atoms with Crippen molar-refractivity contribution in [3.8, 4) is 0 Å². The Kier molecular flexibility index (Phi) is 4.13. The van der Waals surface area contributed by atoms with Gasteiger partial charge < -0.3 is 14.0 Å². The number of carbonyl (C=O) groups is 1. The Hall–Kier alpha value is -2.11. The Bertz CT molecular complexity index is 760. The van der Waals surface area contributed by atoms with Crippen LogP contribution in [0.1, 0.15) is 64.9 Å². The summed E-state index contributed by atoms with van der Waals surface area (Å²) < 4.78 is 7.56. The third-order valence-electron chi connectivity index (χ3n) is 5.62. The number of piperidine rings is 1. The molecule has 1 aliphatic heterocycles. The molecule has 25 heavy (non-hydrogen) atoms. The van der Waals surface area contributed by atoms with E-state index in [0.29, 0.717) is 28.9 Å². The largest absolute Gasteiger partial charge is 0.361 e. The van der Waals surface area contributed by atoms with Crippen molar-refractivity contribution in [2.24, 2.45) is 5.92 Å². The minimum absolute atomic E-state index is 0.0622. The molecule has 1 aliphatic carbocycles. The van der Waals surface area contributed by atoms with Crippen molar-refractivity contribution >= 4 is 5.91 Å². The molecule has 0 atom stereocenters. The number of likely N-dealkylation sites (tertiary alicyclic amines) is 1. The first kappa shape index (κ1) is 16.4. The lowest BCUT2D eigenvalue weighted by atomic mass is 9.95. The fourth-order valence-electron chi connectivity index (χ4n) is 3.91. The van der Waals surface area contributed by atoms with Gasteiger partial charge in [0.15, 0.2) is 0 Å². The van der Waals surface area contributed by atoms with Crippen LogP contribution in [0.2, 0.25) is 0 Å². The number of hydrogen-bond donors (Lipinski definition) is 0. The predicted octanol–water partition coefficient (Wildman–Crippen LogP) is 3.23. The molecular formula is C19H26N4O2. The summed E-state index contributed by atoms with van der Waals surface area (Å²) >= 11 is 0. The molecule has 3 heterocycles. The average molecular weight is 342 g/mol. The van der Waals surface area contributed by atoms with Gasteiger partial charge in [0, 0.05) is 37.4 Å². The third kappa shape index (κ3) is 3.10. The van der Waals surface area contributed by atoms with E-state index in [9.17, 15) is 4.79 Å². The van der Waals surface area contributed by atoms with Gasteiger partial charge in [-0.25, -0.2) is 4.98 Å². The molecule has 2 aliphatic rings. The lowest BCUT2D eigenvalue weighted by Gasteiger charge is -2.32. The quantitative estimate of drug-likeness (QED) is 0.856. The first-order valence-electron chi connectivity index (χ1n) is 9.28. The monoisotopic (exact) mass is 342 g/mol. The van der Waals surface area contributed by atoms with Crippen LogP contribution in [0.4, 0.5) is 0 Å². The second-order valence-electron chi connectivity index (χ2n) is 7.58. The van der Waals surface area contributed by atoms with Crippen LogP contribution in [-0.4, -0.2) is 38.6 Å². The van der Waals surface area contributed by atoms with Crippen LogP contribution in [-0.2, 0) is 6.54 Å². The Morgan fingerprint density at radius 2 is 1.92 bits per heavy atom. The number of imidazole rings is 1. The number of aryl methyl sites for hydroxylation is 3. The van der Waals surface area contributed by atoms with Crippen LogP contribution >= 0.6 is 0 Å². The van der Waals surface area contributed by atoms with E-state index >= 15 is 0 Å². The number of rotatable bonds is 4. The molecular weight excluding hydrogens is 316 g/mol. The molecule has 1 saturated carbocycles. The minimum Gasteiger partial charge on any atom is -0.361 e. The van der Waals surface area contributed by atoms with E-state index in [1.165, 1.54) is 24.4 Å². The van der Waals surface area contributed by atoms with Crippen LogP contribution in [0.15, 0.2) is 10.7 Å². The summed E-state index contributed by atoms with van der Waals surface area (Å²) in [6.45, 7) is 8.43. The van der Waals surface area contributed by atoms with Gasteiger partial charge in [0.2, 0.25) is 0 Å². The molecule has 0 aromatic carbocycles. The second kappa shape index (κ2) is 6.32. The highest BCUT2D eigenvalue weighted by Crippen LogP contribution is 2.40. The number of aromatic nitrogens is 3. The van der Waals surface area contributed by atoms with Gasteiger partial charge in [-0.3, -0.25) is 4.79 Å². The van der Waals surface area contributed by atoms with Crippen molar-refractivity contribution in [1.29, 1.82) is 0 Å². The van der Waals surface area contributed by atoms with Crippen molar-refractivity contribution in [3.63, 3.8) is 0 Å². The maximum absolute atomic E-state index is 12.7. The van der Waals surface area contributed by atoms with E-state index < -0.39 is 0 Å². The number of hydrogen-bond acceptors (Lipinski definition) is 4. The van der Waals surface area contributed by atoms with Crippen LogP contribution in [0.5, 0.6) is 0 Å². The van der Waals surface area contributed by atoms with Crippen molar-refractivity contribution in [3.05, 3.63) is 34.7 Å². The summed E-state index contributed by atoms with van der Waals surface area (Å²) in [5, 5.41) is 3.91. The fraction of sp³-hybridized carbons (Fsp3) is 0.632. The molecule has 134 valence electrons. The highest BCUT2D eigenvalue weighted by Gasteiger charge is 2.31. The zero-order valence-corrected chi connectivity index (χ0v) is 15.3. The molecule has 6 nitrogen and oxygen atoms in total. The molecule has 6 heteroatoms. The Morgan fingerprint density at radius 3 is 2.52 bits per heavy atom. The third-order valence-corrected chi connectivity index (χ3v) is 5.62. The molecule has 0 radical (unpaired) electrons. The lowest BCUT2D eigenvalue weighted by Crippen LogP contribution is -2.39. The van der Waals surface area contributed by atoms with Gasteiger partial charge in [-0.15, -0.1) is 0 Å². The number of amides is 1. The molecule has 0 unspecified atom stereocenters. The summed E-state index contributed by atoms with van der Waals surface area (Å²) in [4.78, 5) is 19.3. The Morgan fingerprint density at radius 1 is 1.20 bits per heavy atom. The van der Waals surface area contributed by atoms with Crippen molar-refractivity contribution in [1.82, 2.24) is 19.6 Å². The topological polar surface area (TPSA) is 64.2 Å². The maximum Gasteiger partial charge on any atom is 0.259 e. The van der Waals surface area contributed by atoms with Crippen molar-refractivity contribution in [2.45, 2.75) is 58.9 Å². The molecule has 0 bridgehead atoms. The standard InChI is InChI=1S/C19H26N4O2/c1-12-10-20-18(16-4-5-16)23(12)11-15-6-8-22(9-7-15)19(24)17-13(2)21-25-14(17)3/h10,15-16H,4-9,11H2,1-3H3. The molecule has 2 aromatic heterocycles. The fourth-order valence-corrected chi connectivity index (χ4v) is 3.91. The number of carbonyl (C=O) groups excluding carboxylic acids is 1. The summed E-state index contributed by atoms with van der Waals surface area (Å²) in [5.74, 6) is 3.24. The zero-order chi connectivity index (χ0) is 17.6. The second-order valence-corrected chi connectivity index (χ2v) is 7.58. The van der Waals surface area contributed by atoms with Crippen molar-refractivity contribution in [2.75, 3.05) is 13.1 Å². The normalized spacial score (nSPS) is 18.8. The Balaban J connectivity index is 1.39. The minimum atomic E-state index is 0.0622. The SMILES string of the molecule is Cc1noc(C)c1C(=O)N1CCC(Cn2c(C)cnc2C2CC2)CC1. The van der Waals surface area contributed by atoms with E-state index in [1.807, 2.05) is 18.0 Å². The van der Waals surface area contributed by atoms with Gasteiger partial charge in [0.05, 0.1) is 5.69 Å². The highest BCUT2D eigenvalue weighted by atomic mass is 16.5. The van der Waals surface area contributed by atoms with E-state index in [2.05, 4.69) is 21.6 Å². The lowest BCUT2D eigenvalue weighted by molar-refractivity contribution is 0.0679. The summed E-state index contributed by atoms with van der Waals surface area (Å²) in [6, 6.07) is 0. The smallest absolute Gasteiger partial charge is 0.259 e. The van der Waals surface area contributed by atoms with E-state index in [0.717, 1.165) is 32.5 Å². The van der Waals surface area contributed by atoms with Gasteiger partial charge in [-0.05, 0) is 52.4 Å². The molecule has 2 fully saturated rings. The first-order valence-corrected chi connectivity index (χ1v) is 9.28. The van der Waals surface area contributed by atoms with Crippen LogP contribution in [0, 0.1) is 26.7 Å².